The van der Waals surface area contributed by atoms with E-state index in [1.807, 2.05) is 0 Å². The summed E-state index contributed by atoms with van der Waals surface area (Å²) in [6.07, 6.45) is 3.87. The van der Waals surface area contributed by atoms with E-state index >= 15 is 0 Å². The molecule has 3 heteroatoms. The summed E-state index contributed by atoms with van der Waals surface area (Å²) in [4.78, 5) is 2.76. The van der Waals surface area contributed by atoms with Crippen LogP contribution in [-0.2, 0) is 4.74 Å². The fourth-order valence-electron chi connectivity index (χ4n) is 3.67. The lowest BCUT2D eigenvalue weighted by atomic mass is 9.90. The molecule has 4 atom stereocenters. The molecule has 2 aliphatic heterocycles. The van der Waals surface area contributed by atoms with Crippen LogP contribution in [0.3, 0.4) is 0 Å². The minimum absolute atomic E-state index is 0.666. The highest BCUT2D eigenvalue weighted by Crippen LogP contribution is 2.23. The second-order valence-electron chi connectivity index (χ2n) is 7.25. The van der Waals surface area contributed by atoms with Gasteiger partial charge in [0.15, 0.2) is 0 Å². The Kier molecular flexibility index (Phi) is 6.31. The van der Waals surface area contributed by atoms with E-state index in [0.29, 0.717) is 12.1 Å². The molecule has 0 saturated carbocycles. The van der Waals surface area contributed by atoms with E-state index < -0.39 is 0 Å². The van der Waals surface area contributed by atoms with Gasteiger partial charge in [-0.3, -0.25) is 4.90 Å². The van der Waals surface area contributed by atoms with Crippen LogP contribution in [0.2, 0.25) is 0 Å². The fraction of sp³-hybridized carbons (Fsp3) is 1.00. The first kappa shape index (κ1) is 16.3. The first-order valence-corrected chi connectivity index (χ1v) is 8.67. The number of piperazine rings is 1. The first-order chi connectivity index (χ1) is 9.61. The normalized spacial score (nSPS) is 34.4. The van der Waals surface area contributed by atoms with Crippen molar-refractivity contribution in [3.63, 3.8) is 0 Å². The predicted molar refractivity (Wildman–Crippen MR) is 85.0 cm³/mol. The Bertz CT molecular complexity index is 274. The van der Waals surface area contributed by atoms with Gasteiger partial charge in [-0.05, 0) is 30.6 Å². The topological polar surface area (TPSA) is 24.5 Å². The lowest BCUT2D eigenvalue weighted by Gasteiger charge is -2.45. The van der Waals surface area contributed by atoms with Crippen LogP contribution in [0.15, 0.2) is 0 Å². The van der Waals surface area contributed by atoms with E-state index in [4.69, 9.17) is 4.74 Å². The smallest absolute Gasteiger partial charge is 0.0506 e. The molecular weight excluding hydrogens is 248 g/mol. The van der Waals surface area contributed by atoms with Crippen molar-refractivity contribution in [3.05, 3.63) is 0 Å². The first-order valence-electron chi connectivity index (χ1n) is 8.67. The number of nitrogens with zero attached hydrogens (tertiary/aromatic N) is 1. The monoisotopic (exact) mass is 282 g/mol. The highest BCUT2D eigenvalue weighted by Gasteiger charge is 2.33. The molecule has 2 aliphatic rings. The lowest BCUT2D eigenvalue weighted by molar-refractivity contribution is 0.0102. The largest absolute Gasteiger partial charge is 0.381 e. The summed E-state index contributed by atoms with van der Waals surface area (Å²) >= 11 is 0. The number of rotatable bonds is 5. The van der Waals surface area contributed by atoms with Gasteiger partial charge in [-0.2, -0.15) is 0 Å². The molecule has 2 rings (SSSR count). The Labute approximate surface area is 125 Å². The van der Waals surface area contributed by atoms with E-state index in [0.717, 1.165) is 37.5 Å². The SMILES string of the molecule is CCC(C)C1CN(CC2CCCOC2)C(C(C)C)CN1. The number of nitrogens with one attached hydrogen (secondary N) is 1. The zero-order valence-electron chi connectivity index (χ0n) is 13.9. The van der Waals surface area contributed by atoms with E-state index in [9.17, 15) is 0 Å². The van der Waals surface area contributed by atoms with Crippen molar-refractivity contribution in [3.8, 4) is 0 Å². The summed E-state index contributed by atoms with van der Waals surface area (Å²) in [5.74, 6) is 2.25. The highest BCUT2D eigenvalue weighted by molar-refractivity contribution is 4.90. The van der Waals surface area contributed by atoms with Gasteiger partial charge in [0.1, 0.15) is 0 Å². The van der Waals surface area contributed by atoms with Crippen LogP contribution in [-0.4, -0.2) is 49.8 Å². The van der Waals surface area contributed by atoms with Crippen LogP contribution >= 0.6 is 0 Å². The van der Waals surface area contributed by atoms with Gasteiger partial charge in [0.05, 0.1) is 6.61 Å². The molecule has 3 nitrogen and oxygen atoms in total. The maximum absolute atomic E-state index is 5.67. The Morgan fingerprint density at radius 2 is 2.10 bits per heavy atom. The molecule has 0 aromatic heterocycles. The van der Waals surface area contributed by atoms with Crippen LogP contribution < -0.4 is 5.32 Å². The van der Waals surface area contributed by atoms with E-state index in [1.54, 1.807) is 0 Å². The van der Waals surface area contributed by atoms with Crippen molar-refractivity contribution in [2.75, 3.05) is 32.8 Å². The third kappa shape index (κ3) is 4.19. The van der Waals surface area contributed by atoms with Gasteiger partial charge in [0.25, 0.3) is 0 Å². The maximum atomic E-state index is 5.67. The van der Waals surface area contributed by atoms with Crippen LogP contribution in [0.4, 0.5) is 0 Å². The minimum atomic E-state index is 0.666. The molecule has 2 fully saturated rings. The van der Waals surface area contributed by atoms with Crippen molar-refractivity contribution in [1.82, 2.24) is 10.2 Å². The summed E-state index contributed by atoms with van der Waals surface area (Å²) in [5, 5.41) is 3.80. The molecule has 0 radical (unpaired) electrons. The molecule has 0 bridgehead atoms. The van der Waals surface area contributed by atoms with Gasteiger partial charge in [-0.1, -0.05) is 34.1 Å². The van der Waals surface area contributed by atoms with Crippen LogP contribution in [0, 0.1) is 17.8 Å². The zero-order chi connectivity index (χ0) is 14.5. The van der Waals surface area contributed by atoms with Gasteiger partial charge < -0.3 is 10.1 Å². The molecule has 2 heterocycles. The maximum Gasteiger partial charge on any atom is 0.0506 e. The highest BCUT2D eigenvalue weighted by atomic mass is 16.5. The molecule has 0 spiro atoms. The molecule has 20 heavy (non-hydrogen) atoms. The molecule has 1 N–H and O–H groups in total. The van der Waals surface area contributed by atoms with Crippen molar-refractivity contribution >= 4 is 0 Å². The average Bonchev–Trinajstić information content (AvgIpc) is 2.47. The minimum Gasteiger partial charge on any atom is -0.381 e. The molecule has 0 aromatic carbocycles. The lowest BCUT2D eigenvalue weighted by Crippen LogP contribution is -2.60. The van der Waals surface area contributed by atoms with E-state index in [1.165, 1.54) is 32.4 Å². The van der Waals surface area contributed by atoms with Crippen molar-refractivity contribution < 1.29 is 4.74 Å². The third-order valence-electron chi connectivity index (χ3n) is 5.34. The van der Waals surface area contributed by atoms with Gasteiger partial charge in [-0.25, -0.2) is 0 Å². The van der Waals surface area contributed by atoms with Crippen molar-refractivity contribution in [2.24, 2.45) is 17.8 Å². The summed E-state index contributed by atoms with van der Waals surface area (Å²) in [6.45, 7) is 15.0. The third-order valence-corrected chi connectivity index (χ3v) is 5.34. The molecule has 2 saturated heterocycles. The Hall–Kier alpha value is -0.120. The van der Waals surface area contributed by atoms with Crippen molar-refractivity contribution in [1.29, 1.82) is 0 Å². The van der Waals surface area contributed by atoms with Crippen LogP contribution in [0.25, 0.3) is 0 Å². The predicted octanol–water partition coefficient (Wildman–Crippen LogP) is 2.76. The number of hydrogen-bond donors (Lipinski definition) is 1. The van der Waals surface area contributed by atoms with Crippen LogP contribution in [0.5, 0.6) is 0 Å². The molecular formula is C17H34N2O. The van der Waals surface area contributed by atoms with E-state index in [-0.39, 0.29) is 0 Å². The fourth-order valence-corrected chi connectivity index (χ4v) is 3.67. The quantitative estimate of drug-likeness (QED) is 0.839. The second-order valence-corrected chi connectivity index (χ2v) is 7.25. The Balaban J connectivity index is 1.94. The molecule has 4 unspecified atom stereocenters. The number of ether oxygens (including phenoxy) is 1. The van der Waals surface area contributed by atoms with Gasteiger partial charge >= 0.3 is 0 Å². The van der Waals surface area contributed by atoms with Gasteiger partial charge in [-0.15, -0.1) is 0 Å². The molecule has 0 amide bonds. The summed E-state index contributed by atoms with van der Waals surface area (Å²) in [6, 6.07) is 1.36. The summed E-state index contributed by atoms with van der Waals surface area (Å²) in [7, 11) is 0. The second kappa shape index (κ2) is 7.77. The zero-order valence-corrected chi connectivity index (χ0v) is 13.9. The summed E-state index contributed by atoms with van der Waals surface area (Å²) in [5.41, 5.74) is 0. The summed E-state index contributed by atoms with van der Waals surface area (Å²) < 4.78 is 5.67. The van der Waals surface area contributed by atoms with E-state index in [2.05, 4.69) is 37.9 Å². The average molecular weight is 282 g/mol. The van der Waals surface area contributed by atoms with Gasteiger partial charge in [0, 0.05) is 38.3 Å². The number of hydrogen-bond acceptors (Lipinski definition) is 3. The Morgan fingerprint density at radius 3 is 2.70 bits per heavy atom. The molecule has 0 aromatic rings. The molecule has 0 aliphatic carbocycles. The standard InChI is InChI=1S/C17H34N2O/c1-5-14(4)16-11-19(17(9-18-16)13(2)3)10-15-7-6-8-20-12-15/h13-18H,5-12H2,1-4H3. The van der Waals surface area contributed by atoms with Gasteiger partial charge in [0.2, 0.25) is 0 Å². The van der Waals surface area contributed by atoms with Crippen LogP contribution in [0.1, 0.15) is 47.0 Å². The molecule has 118 valence electrons. The van der Waals surface area contributed by atoms with Crippen molar-refractivity contribution in [2.45, 2.75) is 59.0 Å². The Morgan fingerprint density at radius 1 is 1.30 bits per heavy atom.